The van der Waals surface area contributed by atoms with E-state index < -0.39 is 0 Å². The van der Waals surface area contributed by atoms with Crippen molar-refractivity contribution < 1.29 is 4.79 Å². The minimum absolute atomic E-state index is 0.115. The Bertz CT molecular complexity index is 499. The molecule has 3 atom stereocenters. The number of nitrogens with zero attached hydrogens (tertiary/aromatic N) is 1. The number of carbonyl (C=O) groups excluding carboxylic acids is 1. The third-order valence-corrected chi connectivity index (χ3v) is 6.09. The maximum Gasteiger partial charge on any atom is 0.230 e. The van der Waals surface area contributed by atoms with Crippen LogP contribution in [0.3, 0.4) is 0 Å². The van der Waals surface area contributed by atoms with Crippen LogP contribution in [0.1, 0.15) is 55.9 Å². The van der Waals surface area contributed by atoms with Crippen molar-refractivity contribution in [3.05, 3.63) is 21.9 Å². The van der Waals surface area contributed by atoms with Gasteiger partial charge in [-0.25, -0.2) is 0 Å². The molecular weight excluding hydrogens is 280 g/mol. The summed E-state index contributed by atoms with van der Waals surface area (Å²) in [4.78, 5) is 16.8. The normalized spacial score (nSPS) is 29.2. The van der Waals surface area contributed by atoms with Crippen molar-refractivity contribution in [1.29, 1.82) is 0 Å². The van der Waals surface area contributed by atoms with Gasteiger partial charge in [-0.2, -0.15) is 0 Å². The zero-order valence-electron chi connectivity index (χ0n) is 13.1. The Morgan fingerprint density at radius 1 is 1.43 bits per heavy atom. The number of piperazine rings is 1. The lowest BCUT2D eigenvalue weighted by Gasteiger charge is -2.42. The van der Waals surface area contributed by atoms with Gasteiger partial charge in [0.25, 0.3) is 0 Å². The van der Waals surface area contributed by atoms with Gasteiger partial charge in [0.05, 0.1) is 5.92 Å². The van der Waals surface area contributed by atoms with E-state index in [1.165, 1.54) is 10.4 Å². The molecule has 3 nitrogen and oxygen atoms in total. The molecule has 3 rings (SSSR count). The summed E-state index contributed by atoms with van der Waals surface area (Å²) in [5.41, 5.74) is 1.32. The Hall–Kier alpha value is -0.870. The quantitative estimate of drug-likeness (QED) is 0.930. The zero-order chi connectivity index (χ0) is 14.8. The molecule has 1 amide bonds. The van der Waals surface area contributed by atoms with Crippen LogP contribution >= 0.6 is 11.3 Å². The van der Waals surface area contributed by atoms with Crippen molar-refractivity contribution in [2.24, 2.45) is 0 Å². The SMILES string of the molecule is CCC1CN(C(=O)C2CCCc3sccc32)C(CC)CN1. The smallest absolute Gasteiger partial charge is 0.230 e. The second-order valence-electron chi connectivity index (χ2n) is 6.31. The molecule has 0 radical (unpaired) electrons. The monoisotopic (exact) mass is 306 g/mol. The highest BCUT2D eigenvalue weighted by Gasteiger charge is 2.36. The zero-order valence-corrected chi connectivity index (χ0v) is 13.9. The largest absolute Gasteiger partial charge is 0.336 e. The highest BCUT2D eigenvalue weighted by Crippen LogP contribution is 2.36. The minimum Gasteiger partial charge on any atom is -0.336 e. The van der Waals surface area contributed by atoms with Gasteiger partial charge in [-0.3, -0.25) is 4.79 Å². The molecule has 21 heavy (non-hydrogen) atoms. The van der Waals surface area contributed by atoms with Crippen molar-refractivity contribution in [1.82, 2.24) is 10.2 Å². The van der Waals surface area contributed by atoms with E-state index in [0.29, 0.717) is 18.0 Å². The molecule has 0 saturated carbocycles. The van der Waals surface area contributed by atoms with Gasteiger partial charge in [0, 0.05) is 30.1 Å². The Morgan fingerprint density at radius 2 is 2.29 bits per heavy atom. The van der Waals surface area contributed by atoms with E-state index >= 15 is 0 Å². The fourth-order valence-corrected chi connectivity index (χ4v) is 4.70. The van der Waals surface area contributed by atoms with Crippen molar-refractivity contribution in [3.63, 3.8) is 0 Å². The Morgan fingerprint density at radius 3 is 3.05 bits per heavy atom. The second-order valence-corrected chi connectivity index (χ2v) is 7.31. The summed E-state index contributed by atoms with van der Waals surface area (Å²) in [5, 5.41) is 5.73. The first-order chi connectivity index (χ1) is 10.2. The van der Waals surface area contributed by atoms with Crippen LogP contribution in [0.4, 0.5) is 0 Å². The lowest BCUT2D eigenvalue weighted by Crippen LogP contribution is -2.58. The summed E-state index contributed by atoms with van der Waals surface area (Å²) in [5.74, 6) is 0.491. The fourth-order valence-electron chi connectivity index (χ4n) is 3.72. The molecule has 1 aromatic heterocycles. The molecular formula is C17H26N2OS. The van der Waals surface area contributed by atoms with E-state index in [-0.39, 0.29) is 5.92 Å². The predicted molar refractivity (Wildman–Crippen MR) is 87.9 cm³/mol. The van der Waals surface area contributed by atoms with E-state index in [4.69, 9.17) is 0 Å². The minimum atomic E-state index is 0.115. The molecule has 0 bridgehead atoms. The Balaban J connectivity index is 1.80. The van der Waals surface area contributed by atoms with Gasteiger partial charge < -0.3 is 10.2 Å². The Kier molecular flexibility index (Phi) is 4.65. The average molecular weight is 306 g/mol. The van der Waals surface area contributed by atoms with Crippen LogP contribution in [0, 0.1) is 0 Å². The summed E-state index contributed by atoms with van der Waals surface area (Å²) in [6, 6.07) is 3.01. The summed E-state index contributed by atoms with van der Waals surface area (Å²) < 4.78 is 0. The Labute approximate surface area is 131 Å². The topological polar surface area (TPSA) is 32.3 Å². The lowest BCUT2D eigenvalue weighted by molar-refractivity contribution is -0.137. The molecule has 0 aromatic carbocycles. The van der Waals surface area contributed by atoms with Gasteiger partial charge in [-0.1, -0.05) is 13.8 Å². The van der Waals surface area contributed by atoms with Crippen molar-refractivity contribution in [2.75, 3.05) is 13.1 Å². The van der Waals surface area contributed by atoms with E-state index in [2.05, 4.69) is 35.5 Å². The molecule has 4 heteroatoms. The molecule has 1 aliphatic carbocycles. The lowest BCUT2D eigenvalue weighted by atomic mass is 9.86. The van der Waals surface area contributed by atoms with Crippen LogP contribution in [-0.2, 0) is 11.2 Å². The van der Waals surface area contributed by atoms with Gasteiger partial charge in [-0.05, 0) is 49.1 Å². The number of thiophene rings is 1. The van der Waals surface area contributed by atoms with Crippen LogP contribution in [0.25, 0.3) is 0 Å². The van der Waals surface area contributed by atoms with E-state index in [9.17, 15) is 4.79 Å². The number of amides is 1. The number of fused-ring (bicyclic) bond motifs is 1. The molecule has 1 saturated heterocycles. The molecule has 3 unspecified atom stereocenters. The molecule has 1 aromatic rings. The third-order valence-electron chi connectivity index (χ3n) is 5.10. The molecule has 1 fully saturated rings. The van der Waals surface area contributed by atoms with Crippen LogP contribution in [0.5, 0.6) is 0 Å². The molecule has 1 aliphatic heterocycles. The van der Waals surface area contributed by atoms with Gasteiger partial charge >= 0.3 is 0 Å². The molecule has 1 N–H and O–H groups in total. The molecule has 2 aliphatic rings. The second kappa shape index (κ2) is 6.49. The summed E-state index contributed by atoms with van der Waals surface area (Å²) in [6.07, 6.45) is 5.48. The summed E-state index contributed by atoms with van der Waals surface area (Å²) >= 11 is 1.82. The highest BCUT2D eigenvalue weighted by atomic mass is 32.1. The number of carbonyl (C=O) groups is 1. The van der Waals surface area contributed by atoms with Gasteiger partial charge in [0.15, 0.2) is 0 Å². The van der Waals surface area contributed by atoms with Crippen LogP contribution in [0.15, 0.2) is 11.4 Å². The van der Waals surface area contributed by atoms with E-state index in [0.717, 1.165) is 45.2 Å². The molecule has 0 spiro atoms. The highest BCUT2D eigenvalue weighted by molar-refractivity contribution is 7.10. The number of hydrogen-bond donors (Lipinski definition) is 1. The maximum atomic E-state index is 13.1. The standard InChI is InChI=1S/C17H26N2OS/c1-3-12-11-19(13(4-2)10-18-12)17(20)15-6-5-7-16-14(15)8-9-21-16/h8-9,12-13,15,18H,3-7,10-11H2,1-2H3. The number of hydrogen-bond acceptors (Lipinski definition) is 3. The first-order valence-corrected chi connectivity index (χ1v) is 9.22. The van der Waals surface area contributed by atoms with Crippen molar-refractivity contribution >= 4 is 17.2 Å². The van der Waals surface area contributed by atoms with Crippen LogP contribution in [-0.4, -0.2) is 36.0 Å². The fraction of sp³-hybridized carbons (Fsp3) is 0.706. The van der Waals surface area contributed by atoms with E-state index in [1.807, 2.05) is 11.3 Å². The summed E-state index contributed by atoms with van der Waals surface area (Å²) in [6.45, 7) is 6.22. The van der Waals surface area contributed by atoms with Crippen LogP contribution in [0.2, 0.25) is 0 Å². The van der Waals surface area contributed by atoms with Crippen LogP contribution < -0.4 is 5.32 Å². The molecule has 2 heterocycles. The first kappa shape index (κ1) is 15.0. The van der Waals surface area contributed by atoms with E-state index in [1.54, 1.807) is 0 Å². The maximum absolute atomic E-state index is 13.1. The van der Waals surface area contributed by atoms with Gasteiger partial charge in [0.1, 0.15) is 0 Å². The average Bonchev–Trinajstić information content (AvgIpc) is 3.02. The number of aryl methyl sites for hydroxylation is 1. The number of nitrogens with one attached hydrogen (secondary N) is 1. The molecule has 116 valence electrons. The van der Waals surface area contributed by atoms with Gasteiger partial charge in [-0.15, -0.1) is 11.3 Å². The van der Waals surface area contributed by atoms with Crippen molar-refractivity contribution in [2.45, 2.75) is 64.0 Å². The third kappa shape index (κ3) is 2.88. The van der Waals surface area contributed by atoms with Gasteiger partial charge in [0.2, 0.25) is 5.91 Å². The number of rotatable bonds is 3. The predicted octanol–water partition coefficient (Wildman–Crippen LogP) is 3.16. The first-order valence-electron chi connectivity index (χ1n) is 8.34. The van der Waals surface area contributed by atoms with Crippen molar-refractivity contribution in [3.8, 4) is 0 Å². The summed E-state index contributed by atoms with van der Waals surface area (Å²) in [7, 11) is 0.